The number of rotatable bonds is 14. The van der Waals surface area contributed by atoms with Gasteiger partial charge in [0.05, 0.1) is 6.04 Å². The van der Waals surface area contributed by atoms with E-state index in [1.54, 1.807) is 44.2 Å². The van der Waals surface area contributed by atoms with Crippen molar-refractivity contribution in [1.82, 2.24) is 21.3 Å². The summed E-state index contributed by atoms with van der Waals surface area (Å²) >= 11 is 3.62. The van der Waals surface area contributed by atoms with Crippen LogP contribution in [0.1, 0.15) is 39.2 Å². The van der Waals surface area contributed by atoms with Gasteiger partial charge in [0.1, 0.15) is 18.1 Å². The smallest absolute Gasteiger partial charge is 0.382 e. The number of alkyl halides is 3. The predicted octanol–water partition coefficient (Wildman–Crippen LogP) is 0.556. The number of hydrogen-bond acceptors (Lipinski definition) is 6. The second-order valence-corrected chi connectivity index (χ2v) is 9.67. The van der Waals surface area contributed by atoms with Crippen LogP contribution in [-0.2, 0) is 25.6 Å². The Morgan fingerprint density at radius 3 is 2.00 bits per heavy atom. The number of carbonyl (C=O) groups excluding carboxylic acids is 5. The van der Waals surface area contributed by atoms with E-state index in [0.717, 1.165) is 0 Å². The molecule has 1 rings (SSSR count). The van der Waals surface area contributed by atoms with E-state index >= 15 is 0 Å². The first-order valence-corrected chi connectivity index (χ1v) is 12.4. The van der Waals surface area contributed by atoms with Gasteiger partial charge in [0.15, 0.2) is 6.10 Å². The van der Waals surface area contributed by atoms with Crippen molar-refractivity contribution in [2.24, 2.45) is 11.7 Å². The van der Waals surface area contributed by atoms with Gasteiger partial charge in [-0.15, -0.1) is 0 Å². The summed E-state index contributed by atoms with van der Waals surface area (Å²) in [6.07, 6.45) is -9.22. The summed E-state index contributed by atoms with van der Waals surface area (Å²) in [5.74, 6) is -3.91. The number of aliphatic hydroxyl groups is 1. The van der Waals surface area contributed by atoms with E-state index in [-0.39, 0.29) is 12.3 Å². The summed E-state index contributed by atoms with van der Waals surface area (Å²) in [4.78, 5) is 61.1. The first kappa shape index (κ1) is 33.7. The minimum Gasteiger partial charge on any atom is -0.382 e. The van der Waals surface area contributed by atoms with Gasteiger partial charge in [-0.3, -0.25) is 24.0 Å². The van der Waals surface area contributed by atoms with Gasteiger partial charge in [0, 0.05) is 12.8 Å². The van der Waals surface area contributed by atoms with E-state index in [9.17, 15) is 42.3 Å². The highest BCUT2D eigenvalue weighted by molar-refractivity contribution is 7.96. The van der Waals surface area contributed by atoms with Crippen LogP contribution >= 0.6 is 12.6 Å². The van der Waals surface area contributed by atoms with Gasteiger partial charge in [0.2, 0.25) is 23.6 Å². The fourth-order valence-electron chi connectivity index (χ4n) is 3.51. The molecule has 0 aliphatic heterocycles. The SMILES string of the molecule is CC(C)[C@H](NC(=O)S)C(=O)N[C@@H](Cc1ccccc1)C(=O)N[C@@H](C)C(=O)N[C@H](CCC(N)=O)C(O)C(F)(F)F. The van der Waals surface area contributed by atoms with Gasteiger partial charge in [-0.25, -0.2) is 0 Å². The Morgan fingerprint density at radius 1 is 0.923 bits per heavy atom. The van der Waals surface area contributed by atoms with Crippen molar-refractivity contribution < 1.29 is 42.3 Å². The van der Waals surface area contributed by atoms with Crippen molar-refractivity contribution in [3.63, 3.8) is 0 Å². The number of aliphatic hydroxyl groups excluding tert-OH is 1. The lowest BCUT2D eigenvalue weighted by Gasteiger charge is -2.28. The van der Waals surface area contributed by atoms with E-state index in [2.05, 4.69) is 28.6 Å². The van der Waals surface area contributed by atoms with Crippen molar-refractivity contribution >= 4 is 41.5 Å². The Bertz CT molecular complexity index is 1010. The second-order valence-electron chi connectivity index (χ2n) is 9.26. The summed E-state index contributed by atoms with van der Waals surface area (Å²) in [5, 5.41) is 18.1. The number of benzene rings is 1. The second kappa shape index (κ2) is 15.3. The number of hydrogen-bond donors (Lipinski definition) is 7. The number of carbonyl (C=O) groups is 5. The number of nitrogens with two attached hydrogens (primary N) is 1. The van der Waals surface area contributed by atoms with Gasteiger partial charge in [-0.05, 0) is 24.8 Å². The summed E-state index contributed by atoms with van der Waals surface area (Å²) in [6.45, 7) is 4.52. The molecule has 39 heavy (non-hydrogen) atoms. The van der Waals surface area contributed by atoms with E-state index in [1.807, 2.05) is 5.32 Å². The highest BCUT2D eigenvalue weighted by Gasteiger charge is 2.44. The van der Waals surface area contributed by atoms with Crippen LogP contribution in [0.4, 0.5) is 18.0 Å². The average Bonchev–Trinajstić information content (AvgIpc) is 2.83. The lowest BCUT2D eigenvalue weighted by Crippen LogP contribution is -2.59. The molecule has 0 aliphatic carbocycles. The molecule has 0 aliphatic rings. The van der Waals surface area contributed by atoms with Crippen molar-refractivity contribution in [3.8, 4) is 0 Å². The zero-order valence-corrected chi connectivity index (χ0v) is 22.5. The fraction of sp³-hybridized carbons (Fsp3) is 0.542. The monoisotopic (exact) mass is 577 g/mol. The maximum absolute atomic E-state index is 13.1. The van der Waals surface area contributed by atoms with E-state index in [4.69, 9.17) is 5.73 Å². The van der Waals surface area contributed by atoms with Gasteiger partial charge >= 0.3 is 6.18 Å². The Kier molecular flexibility index (Phi) is 13.2. The highest BCUT2D eigenvalue weighted by Crippen LogP contribution is 2.24. The maximum atomic E-state index is 13.1. The minimum atomic E-state index is -5.09. The van der Waals surface area contributed by atoms with Gasteiger partial charge < -0.3 is 32.1 Å². The van der Waals surface area contributed by atoms with Crippen LogP contribution < -0.4 is 27.0 Å². The fourth-order valence-corrected chi connectivity index (χ4v) is 3.65. The molecule has 1 aromatic rings. The zero-order chi connectivity index (χ0) is 29.9. The molecule has 0 bridgehead atoms. The molecule has 5 atom stereocenters. The molecule has 1 aromatic carbocycles. The van der Waals surface area contributed by atoms with Gasteiger partial charge in [-0.2, -0.15) is 13.2 Å². The van der Waals surface area contributed by atoms with Crippen molar-refractivity contribution in [3.05, 3.63) is 35.9 Å². The quantitative estimate of drug-likeness (QED) is 0.159. The van der Waals surface area contributed by atoms with Crippen molar-refractivity contribution in [2.75, 3.05) is 0 Å². The Labute approximate surface area is 229 Å². The summed E-state index contributed by atoms with van der Waals surface area (Å²) in [6, 6.07) is 2.97. The van der Waals surface area contributed by atoms with E-state index in [0.29, 0.717) is 5.56 Å². The lowest BCUT2D eigenvalue weighted by atomic mass is 10.0. The number of nitrogens with one attached hydrogen (secondary N) is 4. The van der Waals surface area contributed by atoms with Crippen LogP contribution in [0.2, 0.25) is 0 Å². The third-order valence-electron chi connectivity index (χ3n) is 5.64. The Hall–Kier alpha value is -3.33. The number of amides is 5. The molecule has 0 radical (unpaired) electrons. The molecule has 0 saturated carbocycles. The van der Waals surface area contributed by atoms with Crippen LogP contribution in [0.3, 0.4) is 0 Å². The molecular formula is C24H34F3N5O6S. The molecule has 0 spiro atoms. The Balaban J connectivity index is 3.06. The van der Waals surface area contributed by atoms with Crippen molar-refractivity contribution in [2.45, 2.75) is 76.5 Å². The summed E-state index contributed by atoms with van der Waals surface area (Å²) in [7, 11) is 0. The molecule has 7 N–H and O–H groups in total. The molecule has 11 nitrogen and oxygen atoms in total. The molecular weight excluding hydrogens is 543 g/mol. The van der Waals surface area contributed by atoms with Crippen LogP contribution in [0, 0.1) is 5.92 Å². The predicted molar refractivity (Wildman–Crippen MR) is 138 cm³/mol. The number of thiol groups is 1. The number of halogens is 3. The normalized spacial score (nSPS) is 15.3. The van der Waals surface area contributed by atoms with E-state index in [1.165, 1.54) is 6.92 Å². The van der Waals surface area contributed by atoms with Crippen LogP contribution in [0.15, 0.2) is 30.3 Å². The number of primary amides is 1. The van der Waals surface area contributed by atoms with Gasteiger partial charge in [-0.1, -0.05) is 56.8 Å². The van der Waals surface area contributed by atoms with E-state index < -0.39 is 78.2 Å². The molecule has 0 saturated heterocycles. The molecule has 0 aromatic heterocycles. The first-order chi connectivity index (χ1) is 18.0. The topological polar surface area (TPSA) is 180 Å². The third-order valence-corrected chi connectivity index (χ3v) is 5.77. The van der Waals surface area contributed by atoms with Crippen LogP contribution in [0.25, 0.3) is 0 Å². The maximum Gasteiger partial charge on any atom is 0.416 e. The van der Waals surface area contributed by atoms with Crippen LogP contribution in [-0.4, -0.2) is 70.4 Å². The van der Waals surface area contributed by atoms with Crippen LogP contribution in [0.5, 0.6) is 0 Å². The molecule has 0 heterocycles. The molecule has 218 valence electrons. The largest absolute Gasteiger partial charge is 0.416 e. The third kappa shape index (κ3) is 11.9. The zero-order valence-electron chi connectivity index (χ0n) is 21.6. The molecule has 0 fully saturated rings. The van der Waals surface area contributed by atoms with Crippen molar-refractivity contribution in [1.29, 1.82) is 0 Å². The molecule has 5 amide bonds. The summed E-state index contributed by atoms with van der Waals surface area (Å²) in [5.41, 5.74) is 5.62. The minimum absolute atomic E-state index is 0.0135. The van der Waals surface area contributed by atoms with Gasteiger partial charge in [0.25, 0.3) is 5.24 Å². The average molecular weight is 578 g/mol. The summed E-state index contributed by atoms with van der Waals surface area (Å²) < 4.78 is 39.2. The lowest BCUT2D eigenvalue weighted by molar-refractivity contribution is -0.212. The molecule has 15 heteroatoms. The first-order valence-electron chi connectivity index (χ1n) is 12.0. The Morgan fingerprint density at radius 2 is 1.51 bits per heavy atom. The standard InChI is InChI=1S/C24H34F3N5O6S/c1-12(2)18(32-23(38)39)22(37)31-16(11-14-7-5-4-6-8-14)21(36)29-13(3)20(35)30-15(9-10-17(28)33)19(34)24(25,26)27/h4-8,12-13,15-16,18-19,34H,9-11H2,1-3H3,(H2,28,33)(H,29,36)(H,30,35)(H,31,37)(H2,32,38,39)/t13-,15+,16-,18-,19?/m0/s1. The molecule has 1 unspecified atom stereocenters. The highest BCUT2D eigenvalue weighted by atomic mass is 32.1.